The quantitative estimate of drug-likeness (QED) is 0.731. The molecule has 0 aliphatic heterocycles. The maximum atomic E-state index is 13.4. The molecule has 3 aromatic rings. The van der Waals surface area contributed by atoms with Crippen LogP contribution in [0.5, 0.6) is 0 Å². The number of nitrogens with zero attached hydrogens (tertiary/aromatic N) is 2. The van der Waals surface area contributed by atoms with Crippen LogP contribution in [-0.4, -0.2) is 27.6 Å². The molecule has 2 aromatic carbocycles. The average Bonchev–Trinajstić information content (AvgIpc) is 2.70. The topological polar surface area (TPSA) is 75.2 Å². The number of hydrogen-bond donors (Lipinski definition) is 1. The third-order valence-electron chi connectivity index (χ3n) is 4.83. The fourth-order valence-electron chi connectivity index (χ4n) is 3.00. The fourth-order valence-corrected chi connectivity index (χ4v) is 3.00. The molecule has 146 valence electrons. The van der Waals surface area contributed by atoms with E-state index in [1.54, 1.807) is 38.2 Å². The van der Waals surface area contributed by atoms with Crippen molar-refractivity contribution >= 4 is 16.7 Å². The zero-order valence-corrected chi connectivity index (χ0v) is 15.4. The molecule has 1 heterocycles. The molecule has 1 unspecified atom stereocenters. The minimum Gasteiger partial charge on any atom is -0.339 e. The van der Waals surface area contributed by atoms with Crippen LogP contribution in [0.4, 0.5) is 8.78 Å². The summed E-state index contributed by atoms with van der Waals surface area (Å²) in [6.45, 7) is 1.68. The third-order valence-corrected chi connectivity index (χ3v) is 4.83. The van der Waals surface area contributed by atoms with Gasteiger partial charge in [-0.05, 0) is 36.8 Å². The summed E-state index contributed by atoms with van der Waals surface area (Å²) in [4.78, 5) is 38.5. The van der Waals surface area contributed by atoms with E-state index < -0.39 is 23.2 Å². The van der Waals surface area contributed by atoms with Crippen LogP contribution in [0.15, 0.2) is 52.1 Å². The summed E-state index contributed by atoms with van der Waals surface area (Å²) in [6.07, 6.45) is -0.0430. The highest BCUT2D eigenvalue weighted by Gasteiger charge is 2.19. The molecular weight excluding hydrogens is 368 g/mol. The molecule has 0 radical (unpaired) electrons. The van der Waals surface area contributed by atoms with Crippen molar-refractivity contribution in [2.75, 3.05) is 7.05 Å². The molecule has 1 atom stereocenters. The molecule has 0 saturated heterocycles. The summed E-state index contributed by atoms with van der Waals surface area (Å²) < 4.78 is 27.6. The lowest BCUT2D eigenvalue weighted by molar-refractivity contribution is -0.132. The predicted octanol–water partition coefficient (Wildman–Crippen LogP) is 2.58. The standard InChI is InChI=1S/C20H19F2N3O3/c1-12(13-7-8-16(21)17(22)11-13)24(2)18(26)9-10-25-20(28)15-6-4-3-5-14(15)19(27)23-25/h3-8,11-12H,9-10H2,1-2H3,(H,23,27). The number of aromatic nitrogens is 2. The van der Waals surface area contributed by atoms with Gasteiger partial charge in [0.2, 0.25) is 5.91 Å². The number of H-pyrrole nitrogens is 1. The Morgan fingerprint density at radius 1 is 1.11 bits per heavy atom. The maximum Gasteiger partial charge on any atom is 0.273 e. The van der Waals surface area contributed by atoms with E-state index in [2.05, 4.69) is 5.10 Å². The summed E-state index contributed by atoms with van der Waals surface area (Å²) in [6, 6.07) is 9.43. The number of hydrogen-bond acceptors (Lipinski definition) is 3. The van der Waals surface area contributed by atoms with Crippen LogP contribution in [0.1, 0.15) is 24.9 Å². The number of aryl methyl sites for hydroxylation is 1. The van der Waals surface area contributed by atoms with E-state index in [0.717, 1.165) is 16.8 Å². The van der Waals surface area contributed by atoms with Crippen molar-refractivity contribution in [1.82, 2.24) is 14.7 Å². The second-order valence-corrected chi connectivity index (χ2v) is 6.55. The number of rotatable bonds is 5. The van der Waals surface area contributed by atoms with Gasteiger partial charge in [0.1, 0.15) is 0 Å². The number of benzene rings is 2. The Hall–Kier alpha value is -3.29. The number of aromatic amines is 1. The molecule has 0 fully saturated rings. The van der Waals surface area contributed by atoms with Gasteiger partial charge in [-0.1, -0.05) is 18.2 Å². The summed E-state index contributed by atoms with van der Waals surface area (Å²) >= 11 is 0. The molecule has 0 aliphatic carbocycles. The zero-order valence-electron chi connectivity index (χ0n) is 15.4. The van der Waals surface area contributed by atoms with E-state index in [4.69, 9.17) is 0 Å². The zero-order chi connectivity index (χ0) is 20.4. The van der Waals surface area contributed by atoms with Crippen LogP contribution in [-0.2, 0) is 11.3 Å². The van der Waals surface area contributed by atoms with E-state index >= 15 is 0 Å². The first-order valence-corrected chi connectivity index (χ1v) is 8.72. The van der Waals surface area contributed by atoms with Gasteiger partial charge in [0.15, 0.2) is 11.6 Å². The molecule has 8 heteroatoms. The van der Waals surface area contributed by atoms with Gasteiger partial charge in [0.05, 0.1) is 23.4 Å². The van der Waals surface area contributed by atoms with Gasteiger partial charge in [-0.25, -0.2) is 13.5 Å². The van der Waals surface area contributed by atoms with Gasteiger partial charge in [-0.3, -0.25) is 19.5 Å². The van der Waals surface area contributed by atoms with Crippen molar-refractivity contribution in [2.24, 2.45) is 0 Å². The normalized spacial score (nSPS) is 12.1. The first-order valence-electron chi connectivity index (χ1n) is 8.72. The molecule has 0 spiro atoms. The molecule has 6 nitrogen and oxygen atoms in total. The van der Waals surface area contributed by atoms with E-state index in [1.165, 1.54) is 11.0 Å². The van der Waals surface area contributed by atoms with Crippen LogP contribution in [0, 0.1) is 11.6 Å². The number of nitrogens with one attached hydrogen (secondary N) is 1. The van der Waals surface area contributed by atoms with Crippen molar-refractivity contribution in [3.05, 3.63) is 80.4 Å². The Morgan fingerprint density at radius 2 is 1.79 bits per heavy atom. The van der Waals surface area contributed by atoms with Gasteiger partial charge in [0, 0.05) is 13.5 Å². The number of halogens is 2. The van der Waals surface area contributed by atoms with Crippen LogP contribution in [0.3, 0.4) is 0 Å². The molecule has 1 N–H and O–H groups in total. The van der Waals surface area contributed by atoms with Gasteiger partial charge in [-0.2, -0.15) is 0 Å². The molecule has 0 saturated carbocycles. The van der Waals surface area contributed by atoms with Crippen LogP contribution < -0.4 is 11.1 Å². The van der Waals surface area contributed by atoms with Crippen LogP contribution in [0.25, 0.3) is 10.8 Å². The molecule has 0 bridgehead atoms. The largest absolute Gasteiger partial charge is 0.339 e. The van der Waals surface area contributed by atoms with E-state index in [-0.39, 0.29) is 29.8 Å². The molecule has 3 rings (SSSR count). The van der Waals surface area contributed by atoms with Gasteiger partial charge < -0.3 is 4.90 Å². The number of carbonyl (C=O) groups is 1. The fraction of sp³-hybridized carbons (Fsp3) is 0.250. The highest BCUT2D eigenvalue weighted by Crippen LogP contribution is 2.21. The third kappa shape index (κ3) is 3.71. The van der Waals surface area contributed by atoms with Crippen molar-refractivity contribution in [1.29, 1.82) is 0 Å². The van der Waals surface area contributed by atoms with E-state index in [1.807, 2.05) is 0 Å². The summed E-state index contributed by atoms with van der Waals surface area (Å²) in [7, 11) is 1.54. The Bertz CT molecular complexity index is 1150. The summed E-state index contributed by atoms with van der Waals surface area (Å²) in [5, 5.41) is 3.04. The molecule has 1 amide bonds. The van der Waals surface area contributed by atoms with Crippen LogP contribution >= 0.6 is 0 Å². The summed E-state index contributed by atoms with van der Waals surface area (Å²) in [5.74, 6) is -2.24. The Balaban J connectivity index is 1.75. The van der Waals surface area contributed by atoms with E-state index in [9.17, 15) is 23.2 Å². The smallest absolute Gasteiger partial charge is 0.273 e. The lowest BCUT2D eigenvalue weighted by Gasteiger charge is -2.25. The minimum absolute atomic E-state index is 0.00736. The molecule has 1 aromatic heterocycles. The molecule has 28 heavy (non-hydrogen) atoms. The van der Waals surface area contributed by atoms with Crippen molar-refractivity contribution in [2.45, 2.75) is 25.9 Å². The Morgan fingerprint density at radius 3 is 2.46 bits per heavy atom. The summed E-state index contributed by atoms with van der Waals surface area (Å²) in [5.41, 5.74) is -0.350. The van der Waals surface area contributed by atoms with Crippen molar-refractivity contribution < 1.29 is 13.6 Å². The Kier molecular flexibility index (Phi) is 5.39. The van der Waals surface area contributed by atoms with Gasteiger partial charge in [0.25, 0.3) is 11.1 Å². The van der Waals surface area contributed by atoms with Crippen molar-refractivity contribution in [3.8, 4) is 0 Å². The SMILES string of the molecule is CC(c1ccc(F)c(F)c1)N(C)C(=O)CCn1[nH]c(=O)c2ccccc2c1=O. The number of fused-ring (bicyclic) bond motifs is 1. The first kappa shape index (κ1) is 19.5. The number of carbonyl (C=O) groups excluding carboxylic acids is 1. The lowest BCUT2D eigenvalue weighted by atomic mass is 10.1. The predicted molar refractivity (Wildman–Crippen MR) is 101 cm³/mol. The van der Waals surface area contributed by atoms with Crippen molar-refractivity contribution in [3.63, 3.8) is 0 Å². The maximum absolute atomic E-state index is 13.4. The highest BCUT2D eigenvalue weighted by molar-refractivity contribution is 5.80. The van der Waals surface area contributed by atoms with Gasteiger partial charge in [-0.15, -0.1) is 0 Å². The highest BCUT2D eigenvalue weighted by atomic mass is 19.2. The van der Waals surface area contributed by atoms with Crippen LogP contribution in [0.2, 0.25) is 0 Å². The number of amides is 1. The first-order chi connectivity index (χ1) is 13.3. The molecule has 0 aliphatic rings. The van der Waals surface area contributed by atoms with Gasteiger partial charge >= 0.3 is 0 Å². The second kappa shape index (κ2) is 7.75. The molecular formula is C20H19F2N3O3. The second-order valence-electron chi connectivity index (χ2n) is 6.55. The monoisotopic (exact) mass is 387 g/mol. The minimum atomic E-state index is -0.981. The van der Waals surface area contributed by atoms with E-state index in [0.29, 0.717) is 10.9 Å². The Labute approximate surface area is 159 Å². The lowest BCUT2D eigenvalue weighted by Crippen LogP contribution is -2.34. The average molecular weight is 387 g/mol.